The molecule has 82 valence electrons. The quantitative estimate of drug-likeness (QED) is 0.816. The molecule has 0 aliphatic heterocycles. The number of carboxylic acids is 1. The van der Waals surface area contributed by atoms with E-state index in [1.807, 2.05) is 0 Å². The van der Waals surface area contributed by atoms with Crippen molar-refractivity contribution in [1.29, 1.82) is 0 Å². The van der Waals surface area contributed by atoms with Crippen molar-refractivity contribution < 1.29 is 19.3 Å². The van der Waals surface area contributed by atoms with Crippen LogP contribution in [0.1, 0.15) is 42.6 Å². The zero-order valence-electron chi connectivity index (χ0n) is 8.18. The number of hydrogen-bond donors (Lipinski definition) is 1. The molecule has 1 fully saturated rings. The third-order valence-electron chi connectivity index (χ3n) is 2.49. The van der Waals surface area contributed by atoms with Crippen LogP contribution in [0, 0.1) is 0 Å². The van der Waals surface area contributed by atoms with Crippen molar-refractivity contribution >= 4 is 5.97 Å². The molecular formula is C9H12N2O4. The highest BCUT2D eigenvalue weighted by molar-refractivity contribution is 5.87. The van der Waals surface area contributed by atoms with Crippen LogP contribution in [0.5, 0.6) is 5.88 Å². The Morgan fingerprint density at radius 1 is 1.33 bits per heavy atom. The first kappa shape index (κ1) is 9.95. The Labute approximate surface area is 86.2 Å². The van der Waals surface area contributed by atoms with E-state index in [4.69, 9.17) is 9.84 Å². The first-order chi connectivity index (χ1) is 7.27. The van der Waals surface area contributed by atoms with E-state index < -0.39 is 5.97 Å². The first-order valence-corrected chi connectivity index (χ1v) is 5.00. The SMILES string of the molecule is O=C(O)c1nonc1OC1CCCCC1. The Morgan fingerprint density at radius 2 is 2.07 bits per heavy atom. The Bertz CT molecular complexity index is 344. The fourth-order valence-corrected chi connectivity index (χ4v) is 1.73. The number of rotatable bonds is 3. The van der Waals surface area contributed by atoms with Crippen molar-refractivity contribution in [3.63, 3.8) is 0 Å². The molecular weight excluding hydrogens is 200 g/mol. The van der Waals surface area contributed by atoms with Crippen LogP contribution in [-0.2, 0) is 0 Å². The average Bonchev–Trinajstić information content (AvgIpc) is 2.67. The van der Waals surface area contributed by atoms with Gasteiger partial charge in [0.1, 0.15) is 6.10 Å². The summed E-state index contributed by atoms with van der Waals surface area (Å²) >= 11 is 0. The summed E-state index contributed by atoms with van der Waals surface area (Å²) in [7, 11) is 0. The standard InChI is InChI=1S/C9H12N2O4/c12-9(13)7-8(11-15-10-7)14-6-4-2-1-3-5-6/h6H,1-5H2,(H,12,13). The van der Waals surface area contributed by atoms with E-state index in [1.165, 1.54) is 6.42 Å². The van der Waals surface area contributed by atoms with E-state index in [1.54, 1.807) is 0 Å². The van der Waals surface area contributed by atoms with Crippen molar-refractivity contribution in [1.82, 2.24) is 10.3 Å². The minimum Gasteiger partial charge on any atom is -0.476 e. The maximum Gasteiger partial charge on any atom is 0.363 e. The van der Waals surface area contributed by atoms with E-state index in [0.717, 1.165) is 25.7 Å². The van der Waals surface area contributed by atoms with Crippen LogP contribution in [0.2, 0.25) is 0 Å². The molecule has 0 spiro atoms. The van der Waals surface area contributed by atoms with Crippen molar-refractivity contribution in [3.05, 3.63) is 5.69 Å². The van der Waals surface area contributed by atoms with Gasteiger partial charge in [-0.25, -0.2) is 9.42 Å². The molecule has 6 heteroatoms. The first-order valence-electron chi connectivity index (χ1n) is 5.00. The summed E-state index contributed by atoms with van der Waals surface area (Å²) in [4.78, 5) is 10.7. The molecule has 1 N–H and O–H groups in total. The maximum atomic E-state index is 10.7. The van der Waals surface area contributed by atoms with Gasteiger partial charge in [-0.2, -0.15) is 0 Å². The summed E-state index contributed by atoms with van der Waals surface area (Å²) in [6.45, 7) is 0. The molecule has 0 amide bonds. The van der Waals surface area contributed by atoms with E-state index >= 15 is 0 Å². The van der Waals surface area contributed by atoms with Crippen LogP contribution in [0.3, 0.4) is 0 Å². The Balaban J connectivity index is 2.03. The molecule has 2 rings (SSSR count). The fraction of sp³-hybridized carbons (Fsp3) is 0.667. The molecule has 1 aromatic heterocycles. The molecule has 1 heterocycles. The van der Waals surface area contributed by atoms with Gasteiger partial charge in [-0.1, -0.05) is 6.42 Å². The molecule has 0 unspecified atom stereocenters. The molecule has 0 saturated heterocycles. The largest absolute Gasteiger partial charge is 0.476 e. The molecule has 1 saturated carbocycles. The van der Waals surface area contributed by atoms with Crippen molar-refractivity contribution in [3.8, 4) is 5.88 Å². The van der Waals surface area contributed by atoms with Gasteiger partial charge in [0.15, 0.2) is 0 Å². The molecule has 1 aromatic rings. The van der Waals surface area contributed by atoms with Gasteiger partial charge in [0.25, 0.3) is 11.6 Å². The van der Waals surface area contributed by atoms with E-state index in [0.29, 0.717) is 0 Å². The summed E-state index contributed by atoms with van der Waals surface area (Å²) in [5.74, 6) is -1.18. The van der Waals surface area contributed by atoms with Crippen molar-refractivity contribution in [2.24, 2.45) is 0 Å². The predicted octanol–water partition coefficient (Wildman–Crippen LogP) is 1.48. The van der Waals surface area contributed by atoms with Crippen LogP contribution in [0.4, 0.5) is 0 Å². The molecule has 0 radical (unpaired) electrons. The van der Waals surface area contributed by atoms with Gasteiger partial charge < -0.3 is 9.84 Å². The maximum absolute atomic E-state index is 10.7. The molecule has 0 aromatic carbocycles. The van der Waals surface area contributed by atoms with Gasteiger partial charge >= 0.3 is 5.97 Å². The smallest absolute Gasteiger partial charge is 0.363 e. The van der Waals surface area contributed by atoms with Crippen LogP contribution >= 0.6 is 0 Å². The number of carbonyl (C=O) groups is 1. The lowest BCUT2D eigenvalue weighted by Gasteiger charge is -2.21. The molecule has 0 bridgehead atoms. The fourth-order valence-electron chi connectivity index (χ4n) is 1.73. The third kappa shape index (κ3) is 2.26. The number of aromatic carboxylic acids is 1. The lowest BCUT2D eigenvalue weighted by Crippen LogP contribution is -2.20. The zero-order valence-corrected chi connectivity index (χ0v) is 8.18. The van der Waals surface area contributed by atoms with Crippen molar-refractivity contribution in [2.75, 3.05) is 0 Å². The summed E-state index contributed by atoms with van der Waals surface area (Å²) in [5.41, 5.74) is -0.249. The third-order valence-corrected chi connectivity index (χ3v) is 2.49. The van der Waals surface area contributed by atoms with Crippen LogP contribution in [-0.4, -0.2) is 27.5 Å². The molecule has 6 nitrogen and oxygen atoms in total. The monoisotopic (exact) mass is 212 g/mol. The minimum absolute atomic E-state index is 0.00519. The lowest BCUT2D eigenvalue weighted by atomic mass is 9.98. The normalized spacial score (nSPS) is 17.6. The highest BCUT2D eigenvalue weighted by atomic mass is 16.6. The highest BCUT2D eigenvalue weighted by Gasteiger charge is 2.23. The second-order valence-electron chi connectivity index (χ2n) is 3.60. The van der Waals surface area contributed by atoms with E-state index in [9.17, 15) is 4.79 Å². The molecule has 1 aliphatic rings. The van der Waals surface area contributed by atoms with Gasteiger partial charge in [0, 0.05) is 0 Å². The lowest BCUT2D eigenvalue weighted by molar-refractivity contribution is 0.0676. The van der Waals surface area contributed by atoms with Gasteiger partial charge in [-0.05, 0) is 36.0 Å². The Morgan fingerprint density at radius 3 is 2.73 bits per heavy atom. The summed E-state index contributed by atoms with van der Waals surface area (Å²) in [6, 6.07) is 0. The van der Waals surface area contributed by atoms with Gasteiger partial charge in [0.2, 0.25) is 0 Å². The molecule has 0 atom stereocenters. The molecule has 1 aliphatic carbocycles. The Hall–Kier alpha value is -1.59. The highest BCUT2D eigenvalue weighted by Crippen LogP contribution is 2.23. The minimum atomic E-state index is -1.18. The number of hydrogen-bond acceptors (Lipinski definition) is 5. The zero-order chi connectivity index (χ0) is 10.7. The second kappa shape index (κ2) is 4.29. The van der Waals surface area contributed by atoms with Gasteiger partial charge in [0.05, 0.1) is 0 Å². The van der Waals surface area contributed by atoms with E-state index in [2.05, 4.69) is 14.9 Å². The van der Waals surface area contributed by atoms with Crippen LogP contribution < -0.4 is 4.74 Å². The van der Waals surface area contributed by atoms with Gasteiger partial charge in [-0.3, -0.25) is 0 Å². The molecule has 15 heavy (non-hydrogen) atoms. The summed E-state index contributed by atoms with van der Waals surface area (Å²) in [5, 5.41) is 15.5. The number of nitrogens with zero attached hydrogens (tertiary/aromatic N) is 2. The number of ether oxygens (including phenoxy) is 1. The van der Waals surface area contributed by atoms with Crippen LogP contribution in [0.25, 0.3) is 0 Å². The summed E-state index contributed by atoms with van der Waals surface area (Å²) < 4.78 is 9.78. The van der Waals surface area contributed by atoms with Crippen LogP contribution in [0.15, 0.2) is 4.63 Å². The van der Waals surface area contributed by atoms with E-state index in [-0.39, 0.29) is 17.7 Å². The number of aromatic nitrogens is 2. The Kier molecular flexibility index (Phi) is 2.84. The summed E-state index contributed by atoms with van der Waals surface area (Å²) in [6.07, 6.45) is 5.35. The number of carboxylic acid groups (broad SMARTS) is 1. The topological polar surface area (TPSA) is 85.5 Å². The average molecular weight is 212 g/mol. The van der Waals surface area contributed by atoms with Gasteiger partial charge in [-0.15, -0.1) is 0 Å². The van der Waals surface area contributed by atoms with Crippen molar-refractivity contribution in [2.45, 2.75) is 38.2 Å². The predicted molar refractivity (Wildman–Crippen MR) is 48.8 cm³/mol. The second-order valence-corrected chi connectivity index (χ2v) is 3.60.